The second-order valence-corrected chi connectivity index (χ2v) is 5.43. The van der Waals surface area contributed by atoms with E-state index in [2.05, 4.69) is 17.9 Å². The van der Waals surface area contributed by atoms with Crippen molar-refractivity contribution in [2.24, 2.45) is 0 Å². The van der Waals surface area contributed by atoms with Crippen LogP contribution in [0.4, 0.5) is 0 Å². The van der Waals surface area contributed by atoms with E-state index in [1.807, 2.05) is 18.2 Å². The molecule has 108 valence electrons. The Morgan fingerprint density at radius 2 is 2.20 bits per heavy atom. The second kappa shape index (κ2) is 7.91. The fraction of sp³-hybridized carbons (Fsp3) is 0.588. The summed E-state index contributed by atoms with van der Waals surface area (Å²) in [6.45, 7) is 5.07. The lowest BCUT2D eigenvalue weighted by molar-refractivity contribution is 0.116. The van der Waals surface area contributed by atoms with Crippen LogP contribution in [-0.2, 0) is 0 Å². The maximum absolute atomic E-state index is 9.04. The molecule has 0 aliphatic carbocycles. The average molecular weight is 272 g/mol. The van der Waals surface area contributed by atoms with Crippen molar-refractivity contribution in [3.8, 4) is 11.8 Å². The maximum atomic E-state index is 9.04. The summed E-state index contributed by atoms with van der Waals surface area (Å²) in [4.78, 5) is 2.56. The molecule has 20 heavy (non-hydrogen) atoms. The number of hydrogen-bond acceptors (Lipinski definition) is 3. The number of hydrogen-bond donors (Lipinski definition) is 0. The minimum absolute atomic E-state index is 0.622. The summed E-state index contributed by atoms with van der Waals surface area (Å²) in [5, 5.41) is 9.04. The van der Waals surface area contributed by atoms with Crippen LogP contribution in [-0.4, -0.2) is 30.6 Å². The van der Waals surface area contributed by atoms with Crippen molar-refractivity contribution in [1.82, 2.24) is 4.90 Å². The summed E-state index contributed by atoms with van der Waals surface area (Å²) < 4.78 is 5.79. The van der Waals surface area contributed by atoms with E-state index in [1.165, 1.54) is 38.6 Å². The zero-order valence-corrected chi connectivity index (χ0v) is 12.3. The molecule has 3 heteroatoms. The minimum atomic E-state index is 0.622. The summed E-state index contributed by atoms with van der Waals surface area (Å²) in [7, 11) is 0. The number of benzene rings is 1. The fourth-order valence-corrected chi connectivity index (χ4v) is 2.97. The van der Waals surface area contributed by atoms with Gasteiger partial charge in [-0.25, -0.2) is 0 Å². The van der Waals surface area contributed by atoms with Crippen molar-refractivity contribution in [2.45, 2.75) is 45.1 Å². The summed E-state index contributed by atoms with van der Waals surface area (Å²) >= 11 is 0. The van der Waals surface area contributed by atoms with E-state index in [1.54, 1.807) is 6.07 Å². The SMILES string of the molecule is CCCC1CCCCN1CCOc1ccccc1C#N. The van der Waals surface area contributed by atoms with Gasteiger partial charge in [-0.2, -0.15) is 5.26 Å². The van der Waals surface area contributed by atoms with E-state index < -0.39 is 0 Å². The van der Waals surface area contributed by atoms with Gasteiger partial charge in [-0.1, -0.05) is 31.9 Å². The van der Waals surface area contributed by atoms with Crippen molar-refractivity contribution in [2.75, 3.05) is 19.7 Å². The summed E-state index contributed by atoms with van der Waals surface area (Å²) in [5.74, 6) is 0.707. The molecule has 1 heterocycles. The van der Waals surface area contributed by atoms with Gasteiger partial charge in [0.25, 0.3) is 0 Å². The smallest absolute Gasteiger partial charge is 0.137 e. The number of rotatable bonds is 6. The number of likely N-dealkylation sites (tertiary alicyclic amines) is 1. The number of piperidine rings is 1. The fourth-order valence-electron chi connectivity index (χ4n) is 2.97. The Balaban J connectivity index is 1.84. The molecule has 1 fully saturated rings. The molecule has 0 amide bonds. The van der Waals surface area contributed by atoms with Gasteiger partial charge in [-0.15, -0.1) is 0 Å². The van der Waals surface area contributed by atoms with Crippen LogP contribution in [0.25, 0.3) is 0 Å². The molecular weight excluding hydrogens is 248 g/mol. The lowest BCUT2D eigenvalue weighted by Crippen LogP contribution is -2.41. The maximum Gasteiger partial charge on any atom is 0.137 e. The molecule has 1 unspecified atom stereocenters. The predicted molar refractivity (Wildman–Crippen MR) is 80.8 cm³/mol. The molecule has 0 radical (unpaired) electrons. The molecule has 1 saturated heterocycles. The largest absolute Gasteiger partial charge is 0.491 e. The third-order valence-corrected chi connectivity index (χ3v) is 4.01. The minimum Gasteiger partial charge on any atom is -0.491 e. The van der Waals surface area contributed by atoms with Crippen LogP contribution in [0, 0.1) is 11.3 Å². The molecule has 1 aliphatic rings. The predicted octanol–water partition coefficient (Wildman–Crippen LogP) is 3.59. The van der Waals surface area contributed by atoms with Crippen LogP contribution in [0.5, 0.6) is 5.75 Å². The number of nitriles is 1. The average Bonchev–Trinajstić information content (AvgIpc) is 2.50. The Hall–Kier alpha value is -1.53. The Morgan fingerprint density at radius 1 is 1.35 bits per heavy atom. The molecule has 1 aliphatic heterocycles. The van der Waals surface area contributed by atoms with E-state index in [-0.39, 0.29) is 0 Å². The van der Waals surface area contributed by atoms with Crippen LogP contribution >= 0.6 is 0 Å². The van der Waals surface area contributed by atoms with Crippen LogP contribution in [0.15, 0.2) is 24.3 Å². The van der Waals surface area contributed by atoms with E-state index in [9.17, 15) is 0 Å². The van der Waals surface area contributed by atoms with Gasteiger partial charge in [-0.05, 0) is 37.9 Å². The molecule has 0 spiro atoms. The van der Waals surface area contributed by atoms with Crippen molar-refractivity contribution in [1.29, 1.82) is 5.26 Å². The second-order valence-electron chi connectivity index (χ2n) is 5.43. The van der Waals surface area contributed by atoms with Gasteiger partial charge >= 0.3 is 0 Å². The number of para-hydroxylation sites is 1. The Bertz CT molecular complexity index is 451. The molecule has 3 nitrogen and oxygen atoms in total. The highest BCUT2D eigenvalue weighted by Crippen LogP contribution is 2.21. The van der Waals surface area contributed by atoms with Gasteiger partial charge in [-0.3, -0.25) is 4.90 Å². The zero-order valence-electron chi connectivity index (χ0n) is 12.3. The Morgan fingerprint density at radius 3 is 3.00 bits per heavy atom. The molecule has 2 rings (SSSR count). The van der Waals surface area contributed by atoms with Gasteiger partial charge in [0.1, 0.15) is 18.4 Å². The van der Waals surface area contributed by atoms with Gasteiger partial charge < -0.3 is 4.74 Å². The molecule has 0 aromatic heterocycles. The lowest BCUT2D eigenvalue weighted by atomic mass is 9.98. The van der Waals surface area contributed by atoms with Crippen LogP contribution in [0.1, 0.15) is 44.6 Å². The Kier molecular flexibility index (Phi) is 5.88. The number of ether oxygens (including phenoxy) is 1. The summed E-state index contributed by atoms with van der Waals surface area (Å²) in [6, 6.07) is 10.4. The first-order valence-electron chi connectivity index (χ1n) is 7.71. The molecule has 0 saturated carbocycles. The topological polar surface area (TPSA) is 36.3 Å². The highest BCUT2D eigenvalue weighted by molar-refractivity contribution is 5.42. The first-order chi connectivity index (χ1) is 9.85. The van der Waals surface area contributed by atoms with E-state index in [0.717, 1.165) is 12.6 Å². The molecule has 0 bridgehead atoms. The standard InChI is InChI=1S/C17H24N2O/c1-2-7-16-9-5-6-11-19(16)12-13-20-17-10-4-3-8-15(17)14-18/h3-4,8,10,16H,2,5-7,9,11-13H2,1H3. The van der Waals surface area contributed by atoms with Gasteiger partial charge in [0.05, 0.1) is 5.56 Å². The van der Waals surface area contributed by atoms with Crippen molar-refractivity contribution < 1.29 is 4.74 Å². The third-order valence-electron chi connectivity index (χ3n) is 4.01. The van der Waals surface area contributed by atoms with Gasteiger partial charge in [0, 0.05) is 12.6 Å². The quantitative estimate of drug-likeness (QED) is 0.794. The normalized spacial score (nSPS) is 19.5. The molecule has 1 atom stereocenters. The highest BCUT2D eigenvalue weighted by Gasteiger charge is 2.21. The van der Waals surface area contributed by atoms with E-state index in [4.69, 9.17) is 10.00 Å². The Labute approximate surface area is 122 Å². The lowest BCUT2D eigenvalue weighted by Gasteiger charge is -2.35. The van der Waals surface area contributed by atoms with E-state index in [0.29, 0.717) is 17.9 Å². The van der Waals surface area contributed by atoms with Crippen molar-refractivity contribution in [3.63, 3.8) is 0 Å². The zero-order chi connectivity index (χ0) is 14.2. The van der Waals surface area contributed by atoms with Crippen LogP contribution in [0.3, 0.4) is 0 Å². The van der Waals surface area contributed by atoms with Crippen LogP contribution in [0.2, 0.25) is 0 Å². The molecule has 0 N–H and O–H groups in total. The summed E-state index contributed by atoms with van der Waals surface area (Å²) in [5.41, 5.74) is 0.622. The number of nitrogens with zero attached hydrogens (tertiary/aromatic N) is 2. The molecular formula is C17H24N2O. The molecule has 1 aromatic carbocycles. The van der Waals surface area contributed by atoms with Crippen molar-refractivity contribution >= 4 is 0 Å². The first-order valence-corrected chi connectivity index (χ1v) is 7.71. The van der Waals surface area contributed by atoms with E-state index >= 15 is 0 Å². The molecule has 1 aromatic rings. The summed E-state index contributed by atoms with van der Waals surface area (Å²) in [6.07, 6.45) is 6.52. The van der Waals surface area contributed by atoms with Gasteiger partial charge in [0.2, 0.25) is 0 Å². The van der Waals surface area contributed by atoms with Crippen molar-refractivity contribution in [3.05, 3.63) is 29.8 Å². The highest BCUT2D eigenvalue weighted by atomic mass is 16.5. The monoisotopic (exact) mass is 272 g/mol. The van der Waals surface area contributed by atoms with Gasteiger partial charge in [0.15, 0.2) is 0 Å². The first kappa shape index (κ1) is 14.9. The third kappa shape index (κ3) is 3.98. The van der Waals surface area contributed by atoms with Crippen LogP contribution < -0.4 is 4.74 Å².